The number of fused-ring (bicyclic) bond motifs is 3. The molecule has 0 bridgehead atoms. The van der Waals surface area contributed by atoms with Crippen molar-refractivity contribution in [2.24, 2.45) is 0 Å². The largest absolute Gasteiger partial charge is 0.416 e. The molecule has 5 aromatic rings. The summed E-state index contributed by atoms with van der Waals surface area (Å²) < 4.78 is 44.1. The molecule has 5 rings (SSSR count). The van der Waals surface area contributed by atoms with Crippen LogP contribution in [0.5, 0.6) is 0 Å². The zero-order valence-corrected chi connectivity index (χ0v) is 18.4. The summed E-state index contributed by atoms with van der Waals surface area (Å²) in [4.78, 5) is 4.74. The zero-order chi connectivity index (χ0) is 23.3. The number of hydrogen-bond acceptors (Lipinski definition) is 4. The fraction of sp³-hybridized carbons (Fsp3) is 0.250. The van der Waals surface area contributed by atoms with Gasteiger partial charge in [0.25, 0.3) is 5.95 Å². The van der Waals surface area contributed by atoms with E-state index in [0.29, 0.717) is 34.7 Å². The van der Waals surface area contributed by atoms with Crippen molar-refractivity contribution in [1.82, 2.24) is 29.5 Å². The highest BCUT2D eigenvalue weighted by Crippen LogP contribution is 2.34. The number of hydrogen-bond donors (Lipinski definition) is 0. The van der Waals surface area contributed by atoms with E-state index in [1.165, 1.54) is 12.1 Å². The maximum absolute atomic E-state index is 13.5. The van der Waals surface area contributed by atoms with Crippen molar-refractivity contribution in [3.63, 3.8) is 0 Å². The molecule has 0 N–H and O–H groups in total. The van der Waals surface area contributed by atoms with E-state index in [9.17, 15) is 13.2 Å². The smallest absolute Gasteiger partial charge is 0.324 e. The van der Waals surface area contributed by atoms with Gasteiger partial charge in [-0.1, -0.05) is 36.4 Å². The maximum atomic E-state index is 13.5. The van der Waals surface area contributed by atoms with Crippen molar-refractivity contribution in [2.45, 2.75) is 39.9 Å². The minimum Gasteiger partial charge on any atom is -0.324 e. The van der Waals surface area contributed by atoms with Gasteiger partial charge in [-0.2, -0.15) is 23.3 Å². The lowest BCUT2D eigenvalue weighted by Gasteiger charge is -2.12. The Morgan fingerprint density at radius 2 is 1.67 bits per heavy atom. The summed E-state index contributed by atoms with van der Waals surface area (Å²) in [5.41, 5.74) is 4.02. The number of nitrogens with zero attached hydrogens (tertiary/aromatic N) is 6. The highest BCUT2D eigenvalue weighted by atomic mass is 19.4. The second-order valence-corrected chi connectivity index (χ2v) is 7.94. The van der Waals surface area contributed by atoms with Crippen LogP contribution in [0.4, 0.5) is 13.2 Å². The summed E-state index contributed by atoms with van der Waals surface area (Å²) in [5, 5.41) is 14.2. The van der Waals surface area contributed by atoms with Crippen LogP contribution in [0.15, 0.2) is 48.5 Å². The molecule has 33 heavy (non-hydrogen) atoms. The van der Waals surface area contributed by atoms with Crippen LogP contribution >= 0.6 is 0 Å². The SMILES string of the molecule is CCn1c2ccccc2c2nnc(-n3nc(C)c(Cc4ccccc4C(F)(F)F)c3C)nc21. The molecule has 0 unspecified atom stereocenters. The average molecular weight is 450 g/mol. The number of halogens is 3. The number of aromatic nitrogens is 6. The Balaban J connectivity index is 1.61. The fourth-order valence-electron chi connectivity index (χ4n) is 4.37. The van der Waals surface area contributed by atoms with Gasteiger partial charge in [-0.05, 0) is 38.5 Å². The first-order chi connectivity index (χ1) is 15.8. The summed E-state index contributed by atoms with van der Waals surface area (Å²) in [6.07, 6.45) is -4.31. The van der Waals surface area contributed by atoms with Gasteiger partial charge < -0.3 is 4.57 Å². The highest BCUT2D eigenvalue weighted by Gasteiger charge is 2.33. The topological polar surface area (TPSA) is 61.4 Å². The molecule has 0 saturated heterocycles. The van der Waals surface area contributed by atoms with Crippen molar-refractivity contribution in [3.05, 3.63) is 76.6 Å². The predicted molar refractivity (Wildman–Crippen MR) is 119 cm³/mol. The van der Waals surface area contributed by atoms with E-state index < -0.39 is 11.7 Å². The van der Waals surface area contributed by atoms with Gasteiger partial charge in [-0.3, -0.25) is 0 Å². The first-order valence-electron chi connectivity index (χ1n) is 10.6. The van der Waals surface area contributed by atoms with Gasteiger partial charge in [0.2, 0.25) is 0 Å². The molecule has 0 aliphatic carbocycles. The van der Waals surface area contributed by atoms with E-state index in [-0.39, 0.29) is 17.9 Å². The molecule has 0 amide bonds. The van der Waals surface area contributed by atoms with Crippen LogP contribution in [0.25, 0.3) is 28.0 Å². The Hall–Kier alpha value is -3.75. The molecule has 9 heteroatoms. The van der Waals surface area contributed by atoms with Crippen molar-refractivity contribution < 1.29 is 13.2 Å². The number of benzene rings is 2. The zero-order valence-electron chi connectivity index (χ0n) is 18.4. The van der Waals surface area contributed by atoms with Gasteiger partial charge in [0.1, 0.15) is 5.52 Å². The summed E-state index contributed by atoms with van der Waals surface area (Å²) in [5.74, 6) is 0.288. The Bertz CT molecular complexity index is 1500. The lowest BCUT2D eigenvalue weighted by atomic mass is 9.98. The van der Waals surface area contributed by atoms with Gasteiger partial charge in [-0.25, -0.2) is 4.68 Å². The van der Waals surface area contributed by atoms with Crippen LogP contribution in [0.2, 0.25) is 0 Å². The molecule has 0 saturated carbocycles. The average Bonchev–Trinajstić information content (AvgIpc) is 3.27. The number of para-hydroxylation sites is 1. The van der Waals surface area contributed by atoms with E-state index in [4.69, 9.17) is 4.98 Å². The van der Waals surface area contributed by atoms with Crippen molar-refractivity contribution in [1.29, 1.82) is 0 Å². The van der Waals surface area contributed by atoms with Gasteiger partial charge in [0.15, 0.2) is 5.65 Å². The minimum atomic E-state index is -4.42. The molecule has 0 spiro atoms. The molecule has 0 aliphatic rings. The molecule has 0 atom stereocenters. The van der Waals surface area contributed by atoms with Crippen LogP contribution in [-0.2, 0) is 19.1 Å². The fourth-order valence-corrected chi connectivity index (χ4v) is 4.37. The predicted octanol–water partition coefficient (Wildman–Crippen LogP) is 5.41. The Kier molecular flexibility index (Phi) is 4.92. The third-order valence-corrected chi connectivity index (χ3v) is 6.00. The van der Waals surface area contributed by atoms with Crippen LogP contribution in [0.3, 0.4) is 0 Å². The minimum absolute atomic E-state index is 0.109. The van der Waals surface area contributed by atoms with E-state index in [0.717, 1.165) is 17.0 Å². The number of rotatable bonds is 4. The van der Waals surface area contributed by atoms with Gasteiger partial charge >= 0.3 is 6.18 Å². The quantitative estimate of drug-likeness (QED) is 0.367. The molecular formula is C24H21F3N6. The van der Waals surface area contributed by atoms with Gasteiger partial charge in [0, 0.05) is 29.6 Å². The lowest BCUT2D eigenvalue weighted by molar-refractivity contribution is -0.138. The van der Waals surface area contributed by atoms with Crippen molar-refractivity contribution in [2.75, 3.05) is 0 Å². The monoisotopic (exact) mass is 450 g/mol. The number of alkyl halides is 3. The van der Waals surface area contributed by atoms with E-state index in [1.807, 2.05) is 38.1 Å². The molecule has 168 valence electrons. The Morgan fingerprint density at radius 1 is 0.939 bits per heavy atom. The molecule has 0 fully saturated rings. The van der Waals surface area contributed by atoms with Crippen molar-refractivity contribution >= 4 is 22.1 Å². The Labute approximate surface area is 187 Å². The number of aryl methyl sites for hydroxylation is 2. The second kappa shape index (κ2) is 7.68. The van der Waals surface area contributed by atoms with Crippen LogP contribution < -0.4 is 0 Å². The highest BCUT2D eigenvalue weighted by molar-refractivity contribution is 6.04. The normalized spacial score (nSPS) is 12.2. The van der Waals surface area contributed by atoms with Crippen LogP contribution in [0.1, 0.15) is 35.0 Å². The summed E-state index contributed by atoms with van der Waals surface area (Å²) in [6.45, 7) is 6.34. The first-order valence-corrected chi connectivity index (χ1v) is 10.6. The lowest BCUT2D eigenvalue weighted by Crippen LogP contribution is -2.10. The molecule has 0 radical (unpaired) electrons. The third kappa shape index (κ3) is 3.44. The first kappa shape index (κ1) is 21.1. The molecule has 3 heterocycles. The Morgan fingerprint density at radius 3 is 2.42 bits per heavy atom. The summed E-state index contributed by atoms with van der Waals surface area (Å²) in [7, 11) is 0. The standard InChI is InChI=1S/C24H21F3N6/c1-4-32-20-12-8-6-10-17(20)21-22(32)28-23(30-29-21)33-15(3)18(14(2)31-33)13-16-9-5-7-11-19(16)24(25,26)27/h5-12H,4,13H2,1-3H3. The van der Waals surface area contributed by atoms with E-state index in [1.54, 1.807) is 17.7 Å². The second-order valence-electron chi connectivity index (χ2n) is 7.94. The molecular weight excluding hydrogens is 429 g/mol. The van der Waals surface area contributed by atoms with Gasteiger partial charge in [-0.15, -0.1) is 10.2 Å². The molecule has 6 nitrogen and oxygen atoms in total. The summed E-state index contributed by atoms with van der Waals surface area (Å²) in [6, 6.07) is 13.5. The van der Waals surface area contributed by atoms with Crippen molar-refractivity contribution in [3.8, 4) is 5.95 Å². The summed E-state index contributed by atoms with van der Waals surface area (Å²) >= 11 is 0. The molecule has 2 aromatic carbocycles. The third-order valence-electron chi connectivity index (χ3n) is 6.00. The molecule has 0 aliphatic heterocycles. The molecule has 3 aromatic heterocycles. The van der Waals surface area contributed by atoms with E-state index in [2.05, 4.69) is 19.9 Å². The van der Waals surface area contributed by atoms with E-state index >= 15 is 0 Å². The van der Waals surface area contributed by atoms with Gasteiger partial charge in [0.05, 0.1) is 16.8 Å². The van der Waals surface area contributed by atoms with Crippen LogP contribution in [-0.4, -0.2) is 29.5 Å². The maximum Gasteiger partial charge on any atom is 0.416 e. The van der Waals surface area contributed by atoms with Crippen LogP contribution in [0, 0.1) is 13.8 Å².